The molecule has 0 unspecified atom stereocenters. The van der Waals surface area contributed by atoms with Gasteiger partial charge in [-0.3, -0.25) is 9.59 Å². The summed E-state index contributed by atoms with van der Waals surface area (Å²) < 4.78 is 52.5. The van der Waals surface area contributed by atoms with E-state index in [0.717, 1.165) is 4.90 Å². The Hall–Kier alpha value is -2.12. The minimum Gasteiger partial charge on any atom is -0.354 e. The van der Waals surface area contributed by atoms with Gasteiger partial charge in [0.15, 0.2) is 23.3 Å². The van der Waals surface area contributed by atoms with Crippen LogP contribution < -0.4 is 5.32 Å². The van der Waals surface area contributed by atoms with Crippen LogP contribution in [0.5, 0.6) is 0 Å². The summed E-state index contributed by atoms with van der Waals surface area (Å²) in [7, 11) is 0. The van der Waals surface area contributed by atoms with Crippen LogP contribution in [0.2, 0.25) is 0 Å². The number of carbonyl (C=O) groups is 2. The van der Waals surface area contributed by atoms with Crippen molar-refractivity contribution >= 4 is 11.8 Å². The quantitative estimate of drug-likeness (QED) is 0.480. The predicted octanol–water partition coefficient (Wildman–Crippen LogP) is 1.21. The van der Waals surface area contributed by atoms with Gasteiger partial charge < -0.3 is 10.2 Å². The summed E-state index contributed by atoms with van der Waals surface area (Å²) in [5.74, 6) is -8.97. The molecule has 1 fully saturated rings. The number of halogens is 4. The lowest BCUT2D eigenvalue weighted by Gasteiger charge is -2.19. The first kappa shape index (κ1) is 14.3. The van der Waals surface area contributed by atoms with E-state index < -0.39 is 40.6 Å². The van der Waals surface area contributed by atoms with Gasteiger partial charge in [0.25, 0.3) is 5.91 Å². The number of rotatable bonds is 1. The highest BCUT2D eigenvalue weighted by Gasteiger charge is 2.28. The molecule has 108 valence electrons. The fraction of sp³-hybridized carbons (Fsp3) is 0.333. The van der Waals surface area contributed by atoms with Gasteiger partial charge in [-0.15, -0.1) is 0 Å². The normalized spacial score (nSPS) is 15.8. The molecule has 1 aromatic rings. The van der Waals surface area contributed by atoms with Crippen molar-refractivity contribution in [2.24, 2.45) is 0 Å². The van der Waals surface area contributed by atoms with E-state index in [1.54, 1.807) is 0 Å². The number of nitrogens with zero attached hydrogens (tertiary/aromatic N) is 1. The van der Waals surface area contributed by atoms with Crippen molar-refractivity contribution in [2.45, 2.75) is 6.42 Å². The summed E-state index contributed by atoms with van der Waals surface area (Å²) in [5.41, 5.74) is -0.934. The Morgan fingerprint density at radius 1 is 1.15 bits per heavy atom. The number of hydrogen-bond acceptors (Lipinski definition) is 2. The van der Waals surface area contributed by atoms with Crippen LogP contribution in [0.4, 0.5) is 17.6 Å². The van der Waals surface area contributed by atoms with Crippen LogP contribution in [0.1, 0.15) is 16.8 Å². The fourth-order valence-electron chi connectivity index (χ4n) is 1.88. The smallest absolute Gasteiger partial charge is 0.257 e. The van der Waals surface area contributed by atoms with Crippen LogP contribution in [0.15, 0.2) is 6.07 Å². The molecule has 1 aliphatic heterocycles. The third kappa shape index (κ3) is 2.59. The first-order valence-corrected chi connectivity index (χ1v) is 5.80. The second-order valence-corrected chi connectivity index (χ2v) is 4.28. The minimum atomic E-state index is -2.05. The largest absolute Gasteiger partial charge is 0.354 e. The predicted molar refractivity (Wildman–Crippen MR) is 59.8 cm³/mol. The van der Waals surface area contributed by atoms with Crippen LogP contribution in [0.25, 0.3) is 0 Å². The zero-order valence-electron chi connectivity index (χ0n) is 10.2. The molecule has 0 aliphatic carbocycles. The molecule has 0 aromatic heterocycles. The Labute approximate surface area is 111 Å². The van der Waals surface area contributed by atoms with Crippen molar-refractivity contribution in [3.8, 4) is 0 Å². The van der Waals surface area contributed by atoms with Gasteiger partial charge in [-0.2, -0.15) is 0 Å². The Morgan fingerprint density at radius 3 is 2.55 bits per heavy atom. The maximum atomic E-state index is 13.5. The molecule has 2 amide bonds. The standard InChI is InChI=1S/C12H10F4N2O2/c13-7-4-6(9(14)11(16)10(7)15)12(20)18-3-1-2-17-8(19)5-18/h4H,1-3,5H2,(H,17,19). The lowest BCUT2D eigenvalue weighted by molar-refractivity contribution is -0.121. The first-order valence-electron chi connectivity index (χ1n) is 5.80. The molecule has 2 rings (SSSR count). The van der Waals surface area contributed by atoms with Gasteiger partial charge in [0, 0.05) is 13.1 Å². The minimum absolute atomic E-state index is 0.123. The van der Waals surface area contributed by atoms with E-state index in [-0.39, 0.29) is 13.1 Å². The van der Waals surface area contributed by atoms with Gasteiger partial charge in [0.1, 0.15) is 0 Å². The van der Waals surface area contributed by atoms with Crippen LogP contribution in [-0.2, 0) is 4.79 Å². The second kappa shape index (κ2) is 5.48. The molecule has 0 saturated carbocycles. The van der Waals surface area contributed by atoms with Crippen molar-refractivity contribution in [1.82, 2.24) is 10.2 Å². The summed E-state index contributed by atoms with van der Waals surface area (Å²) in [4.78, 5) is 24.2. The van der Waals surface area contributed by atoms with Crippen LogP contribution in [0.3, 0.4) is 0 Å². The van der Waals surface area contributed by atoms with Gasteiger partial charge in [-0.25, -0.2) is 17.6 Å². The highest BCUT2D eigenvalue weighted by Crippen LogP contribution is 2.20. The Kier molecular flexibility index (Phi) is 3.91. The van der Waals surface area contributed by atoms with Crippen LogP contribution >= 0.6 is 0 Å². The molecule has 1 heterocycles. The molecule has 0 bridgehead atoms. The van der Waals surface area contributed by atoms with Crippen molar-refractivity contribution < 1.29 is 27.2 Å². The number of amides is 2. The molecule has 1 aliphatic rings. The van der Waals surface area contributed by atoms with E-state index in [1.165, 1.54) is 0 Å². The van der Waals surface area contributed by atoms with Gasteiger partial charge in [0.2, 0.25) is 5.91 Å². The zero-order chi connectivity index (χ0) is 14.9. The Morgan fingerprint density at radius 2 is 1.85 bits per heavy atom. The fourth-order valence-corrected chi connectivity index (χ4v) is 1.88. The average molecular weight is 290 g/mol. The molecule has 8 heteroatoms. The van der Waals surface area contributed by atoms with E-state index in [2.05, 4.69) is 5.32 Å². The highest BCUT2D eigenvalue weighted by molar-refractivity contribution is 5.97. The first-order chi connectivity index (χ1) is 9.41. The number of carbonyl (C=O) groups excluding carboxylic acids is 2. The van der Waals surface area contributed by atoms with Crippen LogP contribution in [0, 0.1) is 23.3 Å². The van der Waals surface area contributed by atoms with Gasteiger partial charge >= 0.3 is 0 Å². The van der Waals surface area contributed by atoms with Crippen molar-refractivity contribution in [1.29, 1.82) is 0 Å². The van der Waals surface area contributed by atoms with E-state index in [0.29, 0.717) is 19.0 Å². The zero-order valence-corrected chi connectivity index (χ0v) is 10.2. The third-order valence-corrected chi connectivity index (χ3v) is 2.88. The second-order valence-electron chi connectivity index (χ2n) is 4.28. The summed E-state index contributed by atoms with van der Waals surface area (Å²) in [6, 6.07) is 0.291. The molecule has 1 aromatic carbocycles. The number of nitrogens with one attached hydrogen (secondary N) is 1. The molecular formula is C12H10F4N2O2. The maximum absolute atomic E-state index is 13.5. The SMILES string of the molecule is O=C1CN(C(=O)c2cc(F)c(F)c(F)c2F)CCCN1. The van der Waals surface area contributed by atoms with E-state index in [4.69, 9.17) is 0 Å². The topological polar surface area (TPSA) is 49.4 Å². The van der Waals surface area contributed by atoms with Crippen molar-refractivity contribution in [2.75, 3.05) is 19.6 Å². The summed E-state index contributed by atoms with van der Waals surface area (Å²) in [6.45, 7) is 0.119. The maximum Gasteiger partial charge on any atom is 0.257 e. The Bertz CT molecular complexity index is 577. The summed E-state index contributed by atoms with van der Waals surface area (Å²) in [5, 5.41) is 2.49. The molecule has 1 saturated heterocycles. The molecule has 20 heavy (non-hydrogen) atoms. The number of hydrogen-bond donors (Lipinski definition) is 1. The summed E-state index contributed by atoms with van der Waals surface area (Å²) in [6.07, 6.45) is 0.422. The van der Waals surface area contributed by atoms with Crippen LogP contribution in [-0.4, -0.2) is 36.3 Å². The molecule has 0 spiro atoms. The molecule has 1 N–H and O–H groups in total. The van der Waals surface area contributed by atoms with E-state index in [9.17, 15) is 27.2 Å². The van der Waals surface area contributed by atoms with Gasteiger partial charge in [0.05, 0.1) is 12.1 Å². The van der Waals surface area contributed by atoms with E-state index >= 15 is 0 Å². The Balaban J connectivity index is 2.35. The monoisotopic (exact) mass is 290 g/mol. The van der Waals surface area contributed by atoms with Gasteiger partial charge in [-0.1, -0.05) is 0 Å². The lowest BCUT2D eigenvalue weighted by atomic mass is 10.1. The lowest BCUT2D eigenvalue weighted by Crippen LogP contribution is -2.38. The molecule has 0 atom stereocenters. The van der Waals surface area contributed by atoms with E-state index in [1.807, 2.05) is 0 Å². The molecule has 0 radical (unpaired) electrons. The van der Waals surface area contributed by atoms with Gasteiger partial charge in [-0.05, 0) is 12.5 Å². The third-order valence-electron chi connectivity index (χ3n) is 2.88. The van der Waals surface area contributed by atoms with Crippen molar-refractivity contribution in [3.05, 3.63) is 34.9 Å². The summed E-state index contributed by atoms with van der Waals surface area (Å²) >= 11 is 0. The van der Waals surface area contributed by atoms with Crippen molar-refractivity contribution in [3.63, 3.8) is 0 Å². The average Bonchev–Trinajstić information content (AvgIpc) is 2.64. The molecule has 4 nitrogen and oxygen atoms in total. The highest BCUT2D eigenvalue weighted by atomic mass is 19.2. The number of benzene rings is 1. The molecular weight excluding hydrogens is 280 g/mol.